The Morgan fingerprint density at radius 3 is 2.56 bits per heavy atom. The van der Waals surface area contributed by atoms with E-state index in [4.69, 9.17) is 9.47 Å². The highest BCUT2D eigenvalue weighted by molar-refractivity contribution is 5.45. The average Bonchev–Trinajstić information content (AvgIpc) is 2.37. The second-order valence-corrected chi connectivity index (χ2v) is 5.64. The first kappa shape index (κ1) is 13.2. The Balaban J connectivity index is 2.22. The van der Waals surface area contributed by atoms with Gasteiger partial charge in [-0.15, -0.1) is 0 Å². The van der Waals surface area contributed by atoms with Crippen molar-refractivity contribution in [2.75, 3.05) is 20.3 Å². The van der Waals surface area contributed by atoms with Gasteiger partial charge in [-0.3, -0.25) is 0 Å². The van der Waals surface area contributed by atoms with E-state index in [2.05, 4.69) is 38.2 Å². The van der Waals surface area contributed by atoms with Crippen LogP contribution in [-0.4, -0.2) is 26.3 Å². The van der Waals surface area contributed by atoms with Gasteiger partial charge >= 0.3 is 0 Å². The molecule has 1 N–H and O–H groups in total. The molecule has 1 atom stereocenters. The van der Waals surface area contributed by atoms with Gasteiger partial charge in [0, 0.05) is 6.04 Å². The molecule has 0 bridgehead atoms. The van der Waals surface area contributed by atoms with Crippen LogP contribution in [0.5, 0.6) is 11.5 Å². The molecule has 0 spiro atoms. The zero-order chi connectivity index (χ0) is 13.2. The molecule has 1 aromatic rings. The lowest BCUT2D eigenvalue weighted by atomic mass is 9.79. The zero-order valence-electron chi connectivity index (χ0n) is 11.7. The first-order valence-electron chi connectivity index (χ1n) is 6.60. The second kappa shape index (κ2) is 5.19. The van der Waals surface area contributed by atoms with E-state index in [1.54, 1.807) is 0 Å². The molecule has 0 radical (unpaired) electrons. The van der Waals surface area contributed by atoms with Crippen LogP contribution in [0.3, 0.4) is 0 Å². The molecule has 100 valence electrons. The smallest absolute Gasteiger partial charge is 0.161 e. The predicted molar refractivity (Wildman–Crippen MR) is 73.6 cm³/mol. The third kappa shape index (κ3) is 2.78. The Morgan fingerprint density at radius 2 is 1.89 bits per heavy atom. The molecule has 1 aliphatic rings. The minimum atomic E-state index is 0.123. The van der Waals surface area contributed by atoms with Crippen molar-refractivity contribution in [3.8, 4) is 11.5 Å². The molecule has 3 heteroatoms. The van der Waals surface area contributed by atoms with Gasteiger partial charge in [0.1, 0.15) is 13.2 Å². The van der Waals surface area contributed by atoms with Crippen molar-refractivity contribution >= 4 is 0 Å². The number of nitrogens with one attached hydrogen (secondary N) is 1. The number of ether oxygens (including phenoxy) is 2. The highest BCUT2D eigenvalue weighted by Gasteiger charge is 2.25. The van der Waals surface area contributed by atoms with Gasteiger partial charge < -0.3 is 14.8 Å². The van der Waals surface area contributed by atoms with Crippen LogP contribution in [0.15, 0.2) is 18.2 Å². The largest absolute Gasteiger partial charge is 0.486 e. The molecule has 0 fully saturated rings. The maximum absolute atomic E-state index is 5.65. The third-order valence-corrected chi connectivity index (χ3v) is 3.63. The summed E-state index contributed by atoms with van der Waals surface area (Å²) in [5.74, 6) is 1.74. The molecule has 2 rings (SSSR count). The molecule has 1 heterocycles. The maximum atomic E-state index is 5.65. The van der Waals surface area contributed by atoms with Gasteiger partial charge in [0.05, 0.1) is 0 Å². The molecular weight excluding hydrogens is 226 g/mol. The van der Waals surface area contributed by atoms with Crippen molar-refractivity contribution in [1.29, 1.82) is 0 Å². The van der Waals surface area contributed by atoms with E-state index in [0.29, 0.717) is 19.3 Å². The van der Waals surface area contributed by atoms with Gasteiger partial charge in [-0.2, -0.15) is 0 Å². The number of hydrogen-bond acceptors (Lipinski definition) is 3. The Kier molecular flexibility index (Phi) is 3.81. The van der Waals surface area contributed by atoms with Crippen LogP contribution in [0.2, 0.25) is 0 Å². The molecule has 0 aliphatic carbocycles. The van der Waals surface area contributed by atoms with Crippen LogP contribution in [0.25, 0.3) is 0 Å². The summed E-state index contributed by atoms with van der Waals surface area (Å²) in [6.45, 7) is 8.04. The van der Waals surface area contributed by atoms with Crippen molar-refractivity contribution in [2.45, 2.75) is 38.6 Å². The quantitative estimate of drug-likeness (QED) is 0.890. The van der Waals surface area contributed by atoms with Crippen molar-refractivity contribution < 1.29 is 9.47 Å². The summed E-state index contributed by atoms with van der Waals surface area (Å²) in [5, 5.41) is 3.30. The number of fused-ring (bicyclic) bond motifs is 1. The van der Waals surface area contributed by atoms with Crippen LogP contribution in [0.1, 0.15) is 32.8 Å². The Labute approximate surface area is 109 Å². The van der Waals surface area contributed by atoms with E-state index in [-0.39, 0.29) is 5.41 Å². The zero-order valence-corrected chi connectivity index (χ0v) is 11.7. The van der Waals surface area contributed by atoms with Crippen LogP contribution in [0.4, 0.5) is 0 Å². The van der Waals surface area contributed by atoms with Gasteiger partial charge in [0.2, 0.25) is 0 Å². The fourth-order valence-corrected chi connectivity index (χ4v) is 2.45. The molecule has 18 heavy (non-hydrogen) atoms. The van der Waals surface area contributed by atoms with E-state index < -0.39 is 0 Å². The summed E-state index contributed by atoms with van der Waals surface area (Å²) in [6, 6.07) is 6.79. The molecule has 1 aliphatic heterocycles. The number of hydrogen-bond donors (Lipinski definition) is 1. The molecule has 0 amide bonds. The first-order valence-corrected chi connectivity index (χ1v) is 6.60. The highest BCUT2D eigenvalue weighted by atomic mass is 16.6. The lowest BCUT2D eigenvalue weighted by Crippen LogP contribution is -2.31. The standard InChI is InChI=1S/C15H23NO2/c1-11(16-4)10-15(2,3)12-5-6-13-14(9-12)18-8-7-17-13/h5-6,9,11,16H,7-8,10H2,1-4H3. The van der Waals surface area contributed by atoms with Crippen molar-refractivity contribution in [1.82, 2.24) is 5.32 Å². The number of benzene rings is 1. The Bertz CT molecular complexity index is 415. The summed E-state index contributed by atoms with van der Waals surface area (Å²) in [5.41, 5.74) is 1.42. The fraction of sp³-hybridized carbons (Fsp3) is 0.600. The lowest BCUT2D eigenvalue weighted by molar-refractivity contribution is 0.171. The van der Waals surface area contributed by atoms with Crippen molar-refractivity contribution in [2.24, 2.45) is 0 Å². The predicted octanol–water partition coefficient (Wildman–Crippen LogP) is 2.73. The molecule has 1 aromatic carbocycles. The summed E-state index contributed by atoms with van der Waals surface area (Å²) >= 11 is 0. The molecular formula is C15H23NO2. The topological polar surface area (TPSA) is 30.5 Å². The molecule has 1 unspecified atom stereocenters. The van der Waals surface area contributed by atoms with Gasteiger partial charge in [-0.1, -0.05) is 19.9 Å². The first-order chi connectivity index (χ1) is 8.53. The fourth-order valence-electron chi connectivity index (χ4n) is 2.45. The van der Waals surface area contributed by atoms with E-state index in [0.717, 1.165) is 17.9 Å². The number of rotatable bonds is 4. The Morgan fingerprint density at radius 1 is 1.22 bits per heavy atom. The average molecular weight is 249 g/mol. The summed E-state index contributed by atoms with van der Waals surface area (Å²) < 4.78 is 11.2. The second-order valence-electron chi connectivity index (χ2n) is 5.64. The van der Waals surface area contributed by atoms with Gasteiger partial charge in [0.15, 0.2) is 11.5 Å². The molecule has 3 nitrogen and oxygen atoms in total. The van der Waals surface area contributed by atoms with E-state index in [9.17, 15) is 0 Å². The lowest BCUT2D eigenvalue weighted by Gasteiger charge is -2.30. The minimum absolute atomic E-state index is 0.123. The van der Waals surface area contributed by atoms with Crippen LogP contribution < -0.4 is 14.8 Å². The summed E-state index contributed by atoms with van der Waals surface area (Å²) in [7, 11) is 2.00. The monoisotopic (exact) mass is 249 g/mol. The maximum Gasteiger partial charge on any atom is 0.161 e. The van der Waals surface area contributed by atoms with Crippen LogP contribution >= 0.6 is 0 Å². The normalized spacial score (nSPS) is 16.4. The molecule has 0 aromatic heterocycles. The van der Waals surface area contributed by atoms with Gasteiger partial charge in [0.25, 0.3) is 0 Å². The van der Waals surface area contributed by atoms with Crippen molar-refractivity contribution in [3.63, 3.8) is 0 Å². The molecule has 0 saturated heterocycles. The van der Waals surface area contributed by atoms with Crippen LogP contribution in [-0.2, 0) is 5.41 Å². The minimum Gasteiger partial charge on any atom is -0.486 e. The van der Waals surface area contributed by atoms with E-state index in [1.807, 2.05) is 13.1 Å². The summed E-state index contributed by atoms with van der Waals surface area (Å²) in [6.07, 6.45) is 1.09. The van der Waals surface area contributed by atoms with E-state index in [1.165, 1.54) is 5.56 Å². The summed E-state index contributed by atoms with van der Waals surface area (Å²) in [4.78, 5) is 0. The molecule has 0 saturated carbocycles. The van der Waals surface area contributed by atoms with Crippen LogP contribution in [0, 0.1) is 0 Å². The SMILES string of the molecule is CNC(C)CC(C)(C)c1ccc2c(c1)OCCO2. The highest BCUT2D eigenvalue weighted by Crippen LogP contribution is 2.36. The van der Waals surface area contributed by atoms with E-state index >= 15 is 0 Å². The van der Waals surface area contributed by atoms with Gasteiger partial charge in [-0.25, -0.2) is 0 Å². The Hall–Kier alpha value is -1.22. The van der Waals surface area contributed by atoms with Crippen molar-refractivity contribution in [3.05, 3.63) is 23.8 Å². The van der Waals surface area contributed by atoms with Gasteiger partial charge in [-0.05, 0) is 43.5 Å². The third-order valence-electron chi connectivity index (χ3n) is 3.63.